The van der Waals surface area contributed by atoms with Crippen molar-refractivity contribution < 1.29 is 23.8 Å². The predicted molar refractivity (Wildman–Crippen MR) is 124 cm³/mol. The third-order valence-electron chi connectivity index (χ3n) is 4.65. The Hall–Kier alpha value is -4.11. The molecule has 4 aromatic rings. The highest BCUT2D eigenvalue weighted by Crippen LogP contribution is 2.33. The number of hydrogen-bond donors (Lipinski definition) is 3. The van der Waals surface area contributed by atoms with Gasteiger partial charge in [0.25, 0.3) is 5.91 Å². The van der Waals surface area contributed by atoms with E-state index in [1.807, 2.05) is 18.2 Å². The first kappa shape index (κ1) is 21.1. The molecule has 9 heteroatoms. The van der Waals surface area contributed by atoms with E-state index in [-0.39, 0.29) is 10.9 Å². The number of phenolic OH excluding ortho intramolecular Hbond substituents is 1. The number of carbonyl (C=O) groups is 1. The van der Waals surface area contributed by atoms with Crippen molar-refractivity contribution in [3.05, 3.63) is 66.2 Å². The molecule has 0 aliphatic rings. The average Bonchev–Trinajstić information content (AvgIpc) is 3.22. The Balaban J connectivity index is 1.45. The Morgan fingerprint density at radius 2 is 1.81 bits per heavy atom. The first-order valence-electron chi connectivity index (χ1n) is 9.52. The molecule has 0 bridgehead atoms. The minimum Gasteiger partial charge on any atom is -0.507 e. The van der Waals surface area contributed by atoms with Crippen molar-refractivity contribution in [3.8, 4) is 28.7 Å². The van der Waals surface area contributed by atoms with Crippen molar-refractivity contribution in [3.63, 3.8) is 0 Å². The van der Waals surface area contributed by atoms with E-state index in [9.17, 15) is 9.90 Å². The number of anilines is 1. The molecule has 1 amide bonds. The van der Waals surface area contributed by atoms with Crippen LogP contribution < -0.4 is 20.1 Å². The highest BCUT2D eigenvalue weighted by atomic mass is 32.1. The summed E-state index contributed by atoms with van der Waals surface area (Å²) < 4.78 is 16.1. The highest BCUT2D eigenvalue weighted by Gasteiger charge is 2.15. The number of nitrogens with one attached hydrogen (secondary N) is 2. The molecule has 4 rings (SSSR count). The molecule has 0 saturated heterocycles. The maximum atomic E-state index is 12.5. The third-order valence-corrected chi connectivity index (χ3v) is 4.86. The highest BCUT2D eigenvalue weighted by molar-refractivity contribution is 7.80. The van der Waals surface area contributed by atoms with Crippen LogP contribution in [0.5, 0.6) is 17.2 Å². The van der Waals surface area contributed by atoms with E-state index in [0.29, 0.717) is 45.3 Å². The molecule has 1 aromatic heterocycles. The summed E-state index contributed by atoms with van der Waals surface area (Å²) in [6.45, 7) is 0. The Kier molecular flexibility index (Phi) is 5.91. The molecule has 3 aromatic carbocycles. The molecular formula is C23H19N3O5S. The first-order valence-corrected chi connectivity index (χ1v) is 9.92. The van der Waals surface area contributed by atoms with E-state index >= 15 is 0 Å². The van der Waals surface area contributed by atoms with Gasteiger partial charge in [-0.05, 0) is 54.7 Å². The van der Waals surface area contributed by atoms with Crippen molar-refractivity contribution >= 4 is 40.0 Å². The first-order chi connectivity index (χ1) is 15.5. The van der Waals surface area contributed by atoms with E-state index in [1.54, 1.807) is 36.4 Å². The Bertz CT molecular complexity index is 1290. The van der Waals surface area contributed by atoms with Crippen LogP contribution in [0.25, 0.3) is 22.6 Å². The minimum atomic E-state index is -0.421. The van der Waals surface area contributed by atoms with Crippen LogP contribution in [0.1, 0.15) is 10.4 Å². The summed E-state index contributed by atoms with van der Waals surface area (Å²) in [5.74, 6) is 0.781. The molecule has 0 aliphatic carbocycles. The van der Waals surface area contributed by atoms with Gasteiger partial charge in [0.1, 0.15) is 11.3 Å². The molecule has 0 atom stereocenters. The van der Waals surface area contributed by atoms with Gasteiger partial charge in [-0.2, -0.15) is 0 Å². The van der Waals surface area contributed by atoms with Gasteiger partial charge in [-0.25, -0.2) is 4.98 Å². The zero-order valence-electron chi connectivity index (χ0n) is 17.2. The fraction of sp³-hybridized carbons (Fsp3) is 0.0870. The largest absolute Gasteiger partial charge is 0.507 e. The molecule has 162 valence electrons. The summed E-state index contributed by atoms with van der Waals surface area (Å²) in [4.78, 5) is 16.9. The summed E-state index contributed by atoms with van der Waals surface area (Å²) in [7, 11) is 3.00. The number of phenols is 1. The molecule has 0 aliphatic heterocycles. The minimum absolute atomic E-state index is 0.0458. The number of para-hydroxylation sites is 2. The van der Waals surface area contributed by atoms with E-state index in [1.165, 1.54) is 20.3 Å². The Morgan fingerprint density at radius 3 is 2.53 bits per heavy atom. The molecule has 0 radical (unpaired) electrons. The standard InChI is InChI=1S/C23H19N3O5S/c1-29-19-10-7-13(11-20(19)30-2)21(28)26-23(32)24-14-8-9-15(17(27)12-14)22-25-16-5-3-4-6-18(16)31-22/h3-12,27H,1-2H3,(H2,24,26,28,32). The fourth-order valence-corrected chi connectivity index (χ4v) is 3.30. The summed E-state index contributed by atoms with van der Waals surface area (Å²) in [6, 6.07) is 16.9. The topological polar surface area (TPSA) is 106 Å². The number of thiocarbonyl (C=S) groups is 1. The van der Waals surface area contributed by atoms with E-state index < -0.39 is 5.91 Å². The lowest BCUT2D eigenvalue weighted by atomic mass is 10.2. The number of aromatic nitrogens is 1. The molecule has 3 N–H and O–H groups in total. The van der Waals surface area contributed by atoms with Crippen LogP contribution in [0.3, 0.4) is 0 Å². The quantitative estimate of drug-likeness (QED) is 0.386. The van der Waals surface area contributed by atoms with Gasteiger partial charge in [-0.3, -0.25) is 10.1 Å². The number of amides is 1. The summed E-state index contributed by atoms with van der Waals surface area (Å²) in [5.41, 5.74) is 2.60. The van der Waals surface area contributed by atoms with Crippen LogP contribution in [0.4, 0.5) is 5.69 Å². The molecular weight excluding hydrogens is 430 g/mol. The van der Waals surface area contributed by atoms with Crippen LogP contribution in [-0.4, -0.2) is 35.3 Å². The Labute approximate surface area is 188 Å². The number of nitrogens with zero attached hydrogens (tertiary/aromatic N) is 1. The van der Waals surface area contributed by atoms with Crippen LogP contribution in [-0.2, 0) is 0 Å². The van der Waals surface area contributed by atoms with Crippen LogP contribution in [0, 0.1) is 0 Å². The molecule has 0 spiro atoms. The number of aromatic hydroxyl groups is 1. The smallest absolute Gasteiger partial charge is 0.257 e. The zero-order chi connectivity index (χ0) is 22.7. The number of hydrogen-bond acceptors (Lipinski definition) is 7. The molecule has 0 unspecified atom stereocenters. The summed E-state index contributed by atoms with van der Waals surface area (Å²) in [5, 5.41) is 16.0. The summed E-state index contributed by atoms with van der Waals surface area (Å²) >= 11 is 5.22. The molecule has 0 fully saturated rings. The normalized spacial score (nSPS) is 10.6. The van der Waals surface area contributed by atoms with Crippen molar-refractivity contribution in [1.82, 2.24) is 10.3 Å². The van der Waals surface area contributed by atoms with Crippen LogP contribution in [0.15, 0.2) is 65.1 Å². The number of methoxy groups -OCH3 is 2. The van der Waals surface area contributed by atoms with Gasteiger partial charge < -0.3 is 24.3 Å². The zero-order valence-corrected chi connectivity index (χ0v) is 18.0. The maximum absolute atomic E-state index is 12.5. The van der Waals surface area contributed by atoms with Gasteiger partial charge in [-0.15, -0.1) is 0 Å². The van der Waals surface area contributed by atoms with Gasteiger partial charge in [0.05, 0.1) is 19.8 Å². The predicted octanol–water partition coefficient (Wildman–Crippen LogP) is 4.34. The van der Waals surface area contributed by atoms with Crippen molar-refractivity contribution in [1.29, 1.82) is 0 Å². The number of carbonyl (C=O) groups excluding carboxylic acids is 1. The van der Waals surface area contributed by atoms with Crippen molar-refractivity contribution in [2.75, 3.05) is 19.5 Å². The number of oxazole rings is 1. The Morgan fingerprint density at radius 1 is 1.03 bits per heavy atom. The molecule has 8 nitrogen and oxygen atoms in total. The maximum Gasteiger partial charge on any atom is 0.257 e. The molecule has 0 saturated carbocycles. The van der Waals surface area contributed by atoms with Crippen LogP contribution >= 0.6 is 12.2 Å². The van der Waals surface area contributed by atoms with E-state index in [0.717, 1.165) is 0 Å². The van der Waals surface area contributed by atoms with Crippen molar-refractivity contribution in [2.24, 2.45) is 0 Å². The number of ether oxygens (including phenoxy) is 2. The van der Waals surface area contributed by atoms with E-state index in [2.05, 4.69) is 15.6 Å². The molecule has 32 heavy (non-hydrogen) atoms. The van der Waals surface area contributed by atoms with Gasteiger partial charge in [0.15, 0.2) is 22.2 Å². The van der Waals surface area contributed by atoms with Gasteiger partial charge in [0, 0.05) is 17.3 Å². The number of benzene rings is 3. The lowest BCUT2D eigenvalue weighted by Crippen LogP contribution is -2.34. The number of rotatable bonds is 5. The van der Waals surface area contributed by atoms with Gasteiger partial charge in [0.2, 0.25) is 5.89 Å². The monoisotopic (exact) mass is 449 g/mol. The molecule has 1 heterocycles. The van der Waals surface area contributed by atoms with Crippen LogP contribution in [0.2, 0.25) is 0 Å². The van der Waals surface area contributed by atoms with E-state index in [4.69, 9.17) is 26.1 Å². The van der Waals surface area contributed by atoms with Gasteiger partial charge >= 0.3 is 0 Å². The summed E-state index contributed by atoms with van der Waals surface area (Å²) in [6.07, 6.45) is 0. The second-order valence-electron chi connectivity index (χ2n) is 6.70. The second-order valence-corrected chi connectivity index (χ2v) is 7.10. The lowest BCUT2D eigenvalue weighted by Gasteiger charge is -2.12. The fourth-order valence-electron chi connectivity index (χ4n) is 3.09. The van der Waals surface area contributed by atoms with Crippen molar-refractivity contribution in [2.45, 2.75) is 0 Å². The van der Waals surface area contributed by atoms with Gasteiger partial charge in [-0.1, -0.05) is 12.1 Å². The lowest BCUT2D eigenvalue weighted by molar-refractivity contribution is 0.0977. The second kappa shape index (κ2) is 8.94. The SMILES string of the molecule is COc1ccc(C(=O)NC(=S)Nc2ccc(-c3nc4ccccc4o3)c(O)c2)cc1OC. The third kappa shape index (κ3) is 4.33. The number of fused-ring (bicyclic) bond motifs is 1. The average molecular weight is 449 g/mol.